The van der Waals surface area contributed by atoms with Crippen LogP contribution < -0.4 is 11.1 Å². The maximum atomic E-state index is 5.66. The van der Waals surface area contributed by atoms with E-state index in [4.69, 9.17) is 5.73 Å². The zero-order chi connectivity index (χ0) is 9.68. The van der Waals surface area contributed by atoms with E-state index >= 15 is 0 Å². The van der Waals surface area contributed by atoms with Crippen molar-refractivity contribution in [3.63, 3.8) is 0 Å². The maximum absolute atomic E-state index is 5.66. The fourth-order valence-electron chi connectivity index (χ4n) is 1.25. The molecule has 0 aromatic heterocycles. The lowest BCUT2D eigenvalue weighted by atomic mass is 10.0. The van der Waals surface area contributed by atoms with Gasteiger partial charge in [0.25, 0.3) is 0 Å². The number of hydrogen-bond donors (Lipinski definition) is 2. The highest BCUT2D eigenvalue weighted by Gasteiger charge is 2.09. The molecule has 72 valence electrons. The largest absolute Gasteiger partial charge is 0.381 e. The molecule has 0 saturated heterocycles. The quantitative estimate of drug-likeness (QED) is 0.740. The van der Waals surface area contributed by atoms with Gasteiger partial charge >= 0.3 is 0 Å². The molecule has 0 saturated carbocycles. The van der Waals surface area contributed by atoms with Gasteiger partial charge in [-0.05, 0) is 18.1 Å². The van der Waals surface area contributed by atoms with Crippen LogP contribution in [0.15, 0.2) is 30.3 Å². The third kappa shape index (κ3) is 3.07. The average molecular weight is 178 g/mol. The van der Waals surface area contributed by atoms with Gasteiger partial charge in [-0.1, -0.05) is 32.0 Å². The first-order valence-corrected chi connectivity index (χ1v) is 4.75. The smallest absolute Gasteiger partial charge is 0.0406 e. The lowest BCUT2D eigenvalue weighted by molar-refractivity contribution is 0.531. The van der Waals surface area contributed by atoms with Gasteiger partial charge in [0, 0.05) is 18.3 Å². The van der Waals surface area contributed by atoms with Crippen LogP contribution >= 0.6 is 0 Å². The molecule has 0 amide bonds. The Kier molecular flexibility index (Phi) is 3.77. The molecule has 0 aliphatic heterocycles. The van der Waals surface area contributed by atoms with Crippen LogP contribution in [0.2, 0.25) is 0 Å². The van der Waals surface area contributed by atoms with E-state index in [1.165, 1.54) is 0 Å². The van der Waals surface area contributed by atoms with E-state index in [-0.39, 0.29) is 0 Å². The minimum Gasteiger partial charge on any atom is -0.381 e. The Morgan fingerprint density at radius 2 is 1.85 bits per heavy atom. The summed E-state index contributed by atoms with van der Waals surface area (Å²) in [6.07, 6.45) is 0. The van der Waals surface area contributed by atoms with Crippen molar-refractivity contribution in [3.8, 4) is 0 Å². The summed E-state index contributed by atoms with van der Waals surface area (Å²) in [5, 5.41) is 3.40. The summed E-state index contributed by atoms with van der Waals surface area (Å²) >= 11 is 0. The van der Waals surface area contributed by atoms with Gasteiger partial charge in [-0.25, -0.2) is 0 Å². The molecule has 0 aliphatic carbocycles. The van der Waals surface area contributed by atoms with Gasteiger partial charge in [-0.15, -0.1) is 0 Å². The van der Waals surface area contributed by atoms with Gasteiger partial charge in [-0.2, -0.15) is 0 Å². The summed E-state index contributed by atoms with van der Waals surface area (Å²) in [5.41, 5.74) is 6.80. The van der Waals surface area contributed by atoms with E-state index in [9.17, 15) is 0 Å². The standard InChI is InChI=1S/C11H18N2/c1-9(2)11(8-12)13-10-6-4-3-5-7-10/h3-7,9,11,13H,8,12H2,1-2H3/t11-/m0/s1. The molecule has 3 N–H and O–H groups in total. The molecule has 0 bridgehead atoms. The molecule has 0 aliphatic rings. The maximum Gasteiger partial charge on any atom is 0.0406 e. The van der Waals surface area contributed by atoms with E-state index in [1.807, 2.05) is 18.2 Å². The Balaban J connectivity index is 2.57. The molecule has 0 fully saturated rings. The minimum atomic E-state index is 0.363. The number of para-hydroxylation sites is 1. The van der Waals surface area contributed by atoms with Crippen molar-refractivity contribution in [2.75, 3.05) is 11.9 Å². The van der Waals surface area contributed by atoms with Crippen LogP contribution in [0.3, 0.4) is 0 Å². The topological polar surface area (TPSA) is 38.0 Å². The summed E-state index contributed by atoms with van der Waals surface area (Å²) in [5.74, 6) is 0.560. The van der Waals surface area contributed by atoms with E-state index in [0.29, 0.717) is 18.5 Å². The van der Waals surface area contributed by atoms with Crippen molar-refractivity contribution < 1.29 is 0 Å². The van der Waals surface area contributed by atoms with Crippen LogP contribution in [0.4, 0.5) is 5.69 Å². The number of hydrogen-bond acceptors (Lipinski definition) is 2. The Morgan fingerprint density at radius 1 is 1.23 bits per heavy atom. The van der Waals surface area contributed by atoms with Crippen molar-refractivity contribution in [2.24, 2.45) is 11.7 Å². The minimum absolute atomic E-state index is 0.363. The summed E-state index contributed by atoms with van der Waals surface area (Å²) in [4.78, 5) is 0. The van der Waals surface area contributed by atoms with Crippen molar-refractivity contribution in [2.45, 2.75) is 19.9 Å². The fourth-order valence-corrected chi connectivity index (χ4v) is 1.25. The number of nitrogens with one attached hydrogen (secondary N) is 1. The van der Waals surface area contributed by atoms with Crippen LogP contribution in [0.25, 0.3) is 0 Å². The molecular formula is C11H18N2. The third-order valence-electron chi connectivity index (χ3n) is 2.18. The van der Waals surface area contributed by atoms with Crippen LogP contribution in [0, 0.1) is 5.92 Å². The highest BCUT2D eigenvalue weighted by Crippen LogP contribution is 2.10. The normalized spacial score (nSPS) is 12.9. The first-order chi connectivity index (χ1) is 6.24. The van der Waals surface area contributed by atoms with Crippen molar-refractivity contribution in [1.82, 2.24) is 0 Å². The molecule has 1 rings (SSSR count). The molecule has 0 spiro atoms. The number of rotatable bonds is 4. The second kappa shape index (κ2) is 4.87. The van der Waals surface area contributed by atoms with Crippen LogP contribution in [0.1, 0.15) is 13.8 Å². The highest BCUT2D eigenvalue weighted by atomic mass is 14.9. The van der Waals surface area contributed by atoms with Crippen LogP contribution in [-0.4, -0.2) is 12.6 Å². The monoisotopic (exact) mass is 178 g/mol. The van der Waals surface area contributed by atoms with E-state index in [1.54, 1.807) is 0 Å². The first kappa shape index (κ1) is 10.1. The Morgan fingerprint density at radius 3 is 2.31 bits per heavy atom. The molecule has 1 aromatic carbocycles. The molecule has 1 atom stereocenters. The summed E-state index contributed by atoms with van der Waals surface area (Å²) in [6.45, 7) is 5.02. The molecule has 0 heterocycles. The van der Waals surface area contributed by atoms with Gasteiger partial charge in [-0.3, -0.25) is 0 Å². The average Bonchev–Trinajstić information content (AvgIpc) is 2.15. The van der Waals surface area contributed by atoms with Gasteiger partial charge < -0.3 is 11.1 Å². The third-order valence-corrected chi connectivity index (χ3v) is 2.18. The van der Waals surface area contributed by atoms with Gasteiger partial charge in [0.2, 0.25) is 0 Å². The Hall–Kier alpha value is -1.02. The Labute approximate surface area is 80.1 Å². The van der Waals surface area contributed by atoms with Crippen molar-refractivity contribution in [3.05, 3.63) is 30.3 Å². The fraction of sp³-hybridized carbons (Fsp3) is 0.455. The van der Waals surface area contributed by atoms with Crippen LogP contribution in [0.5, 0.6) is 0 Å². The van der Waals surface area contributed by atoms with Crippen LogP contribution in [-0.2, 0) is 0 Å². The first-order valence-electron chi connectivity index (χ1n) is 4.75. The predicted octanol–water partition coefficient (Wildman–Crippen LogP) is 2.08. The predicted molar refractivity (Wildman–Crippen MR) is 57.7 cm³/mol. The van der Waals surface area contributed by atoms with E-state index < -0.39 is 0 Å². The summed E-state index contributed by atoms with van der Waals surface area (Å²) < 4.78 is 0. The van der Waals surface area contributed by atoms with Gasteiger partial charge in [0.05, 0.1) is 0 Å². The lowest BCUT2D eigenvalue weighted by Gasteiger charge is -2.21. The highest BCUT2D eigenvalue weighted by molar-refractivity contribution is 5.43. The number of benzene rings is 1. The zero-order valence-corrected chi connectivity index (χ0v) is 8.33. The molecule has 0 unspecified atom stereocenters. The molecule has 1 aromatic rings. The molecule has 0 radical (unpaired) electrons. The second-order valence-electron chi connectivity index (χ2n) is 3.60. The molecule has 2 heteroatoms. The zero-order valence-electron chi connectivity index (χ0n) is 8.33. The van der Waals surface area contributed by atoms with E-state index in [0.717, 1.165) is 5.69 Å². The molecule has 2 nitrogen and oxygen atoms in total. The molecular weight excluding hydrogens is 160 g/mol. The van der Waals surface area contributed by atoms with Gasteiger partial charge in [0.15, 0.2) is 0 Å². The van der Waals surface area contributed by atoms with Gasteiger partial charge in [0.1, 0.15) is 0 Å². The van der Waals surface area contributed by atoms with Crippen molar-refractivity contribution >= 4 is 5.69 Å². The summed E-state index contributed by atoms with van der Waals surface area (Å²) in [6, 6.07) is 10.5. The second-order valence-corrected chi connectivity index (χ2v) is 3.60. The molecule has 13 heavy (non-hydrogen) atoms. The van der Waals surface area contributed by atoms with Crippen molar-refractivity contribution in [1.29, 1.82) is 0 Å². The SMILES string of the molecule is CC(C)[C@H](CN)Nc1ccccc1. The summed E-state index contributed by atoms with van der Waals surface area (Å²) in [7, 11) is 0. The lowest BCUT2D eigenvalue weighted by Crippen LogP contribution is -2.33. The number of nitrogens with two attached hydrogens (primary N) is 1. The number of anilines is 1. The van der Waals surface area contributed by atoms with E-state index in [2.05, 4.69) is 31.3 Å². The Bertz CT molecular complexity index is 231.